The van der Waals surface area contributed by atoms with Crippen molar-refractivity contribution in [3.63, 3.8) is 0 Å². The van der Waals surface area contributed by atoms with E-state index in [2.05, 4.69) is 25.6 Å². The van der Waals surface area contributed by atoms with Gasteiger partial charge in [-0.3, -0.25) is 19.6 Å². The molecule has 4 rings (SSSR count). The van der Waals surface area contributed by atoms with Gasteiger partial charge in [0.25, 0.3) is 0 Å². The van der Waals surface area contributed by atoms with Crippen LogP contribution in [0.25, 0.3) is 11.0 Å². The third-order valence-electron chi connectivity index (χ3n) is 4.58. The van der Waals surface area contributed by atoms with E-state index >= 15 is 0 Å². The second-order valence-corrected chi connectivity index (χ2v) is 6.29. The summed E-state index contributed by atoms with van der Waals surface area (Å²) in [6.45, 7) is 4.29. The maximum atomic E-state index is 12.6. The first-order valence-electron chi connectivity index (χ1n) is 8.62. The Balaban J connectivity index is 1.56. The lowest BCUT2D eigenvalue weighted by Gasteiger charge is -2.28. The van der Waals surface area contributed by atoms with Gasteiger partial charge in [-0.25, -0.2) is 4.63 Å². The van der Waals surface area contributed by atoms with E-state index in [1.807, 2.05) is 6.07 Å². The summed E-state index contributed by atoms with van der Waals surface area (Å²) in [7, 11) is 0. The van der Waals surface area contributed by atoms with E-state index in [1.165, 1.54) is 10.9 Å². The highest BCUT2D eigenvalue weighted by atomic mass is 16.6. The number of anilines is 2. The maximum Gasteiger partial charge on any atom is 0.307 e. The Morgan fingerprint density at radius 3 is 2.75 bits per heavy atom. The first-order chi connectivity index (χ1) is 13.5. The Kier molecular flexibility index (Phi) is 4.61. The summed E-state index contributed by atoms with van der Waals surface area (Å²) in [6.07, 6.45) is 2.31. The van der Waals surface area contributed by atoms with Crippen LogP contribution in [0, 0.1) is 10.1 Å². The van der Waals surface area contributed by atoms with Crippen LogP contribution >= 0.6 is 0 Å². The van der Waals surface area contributed by atoms with Gasteiger partial charge in [0, 0.05) is 13.1 Å². The van der Waals surface area contributed by atoms with Gasteiger partial charge >= 0.3 is 5.69 Å². The van der Waals surface area contributed by atoms with Crippen molar-refractivity contribution in [1.82, 2.24) is 20.1 Å². The fourth-order valence-electron chi connectivity index (χ4n) is 3.01. The predicted molar refractivity (Wildman–Crippen MR) is 97.1 cm³/mol. The van der Waals surface area contributed by atoms with Crippen molar-refractivity contribution in [3.8, 4) is 0 Å². The average molecular weight is 387 g/mol. The third-order valence-corrected chi connectivity index (χ3v) is 4.58. The normalized spacial score (nSPS) is 15.5. The average Bonchev–Trinajstić information content (AvgIpc) is 3.38. The van der Waals surface area contributed by atoms with Crippen LogP contribution in [-0.2, 0) is 9.53 Å². The van der Waals surface area contributed by atoms with E-state index in [-0.39, 0.29) is 5.69 Å². The number of aromatic nitrogens is 4. The number of morpholine rings is 1. The van der Waals surface area contributed by atoms with Crippen LogP contribution in [0.5, 0.6) is 0 Å². The molecule has 1 saturated heterocycles. The van der Waals surface area contributed by atoms with Crippen molar-refractivity contribution in [2.75, 3.05) is 36.5 Å². The Morgan fingerprint density at radius 1 is 1.29 bits per heavy atom. The van der Waals surface area contributed by atoms with Gasteiger partial charge in [-0.15, -0.1) is 0 Å². The molecule has 1 atom stereocenters. The van der Waals surface area contributed by atoms with Crippen LogP contribution in [0.15, 0.2) is 29.2 Å². The number of ether oxygens (including phenoxy) is 1. The van der Waals surface area contributed by atoms with Crippen molar-refractivity contribution in [1.29, 1.82) is 0 Å². The van der Waals surface area contributed by atoms with Gasteiger partial charge in [0.15, 0.2) is 11.0 Å². The second kappa shape index (κ2) is 7.23. The Labute approximate surface area is 158 Å². The zero-order valence-corrected chi connectivity index (χ0v) is 14.9. The number of nitrogens with one attached hydrogen (secondary N) is 1. The molecule has 1 N–H and O–H groups in total. The molecule has 0 aliphatic carbocycles. The molecule has 2 aromatic heterocycles. The molecule has 28 heavy (non-hydrogen) atoms. The van der Waals surface area contributed by atoms with E-state index in [0.717, 1.165) is 25.0 Å². The van der Waals surface area contributed by atoms with Crippen molar-refractivity contribution in [3.05, 3.63) is 34.6 Å². The molecule has 0 bridgehead atoms. The Morgan fingerprint density at radius 2 is 2.04 bits per heavy atom. The molecule has 3 heterocycles. The number of rotatable bonds is 5. The van der Waals surface area contributed by atoms with Gasteiger partial charge in [0.05, 0.1) is 29.5 Å². The highest BCUT2D eigenvalue weighted by molar-refractivity contribution is 6.03. The van der Waals surface area contributed by atoms with Crippen molar-refractivity contribution >= 4 is 34.0 Å². The first kappa shape index (κ1) is 17.9. The Bertz CT molecular complexity index is 1020. The maximum absolute atomic E-state index is 12.6. The quantitative estimate of drug-likeness (QED) is 0.507. The van der Waals surface area contributed by atoms with Crippen LogP contribution in [0.4, 0.5) is 17.1 Å². The van der Waals surface area contributed by atoms with E-state index in [4.69, 9.17) is 9.37 Å². The van der Waals surface area contributed by atoms with E-state index in [9.17, 15) is 14.9 Å². The topological polar surface area (TPSA) is 141 Å². The SMILES string of the molecule is C[C@@H](C(=O)Nc1ccc(N2CCOCC2)c2nonc12)n1cc([N+](=O)[O-])cn1. The second-order valence-electron chi connectivity index (χ2n) is 6.29. The summed E-state index contributed by atoms with van der Waals surface area (Å²) in [5.41, 5.74) is 2.08. The van der Waals surface area contributed by atoms with Gasteiger partial charge in [0.2, 0.25) is 5.91 Å². The van der Waals surface area contributed by atoms with Crippen LogP contribution in [0.2, 0.25) is 0 Å². The number of hydrogen-bond donors (Lipinski definition) is 1. The van der Waals surface area contributed by atoms with Gasteiger partial charge < -0.3 is 15.0 Å². The molecule has 0 spiro atoms. The largest absolute Gasteiger partial charge is 0.378 e. The molecule has 0 saturated carbocycles. The summed E-state index contributed by atoms with van der Waals surface area (Å²) in [4.78, 5) is 24.9. The standard InChI is InChI=1S/C16H17N7O5/c1-10(22-9-11(8-17-22)23(25)26)16(24)18-12-2-3-13(15-14(12)19-28-20-15)21-4-6-27-7-5-21/h2-3,8-10H,4-7H2,1H3,(H,18,24)/t10-/m0/s1. The fourth-order valence-corrected chi connectivity index (χ4v) is 3.01. The minimum absolute atomic E-state index is 0.183. The number of hydrogen-bond acceptors (Lipinski definition) is 9. The molecule has 3 aromatic rings. The molecule has 1 aliphatic rings. The van der Waals surface area contributed by atoms with Gasteiger partial charge in [0.1, 0.15) is 18.4 Å². The zero-order valence-electron chi connectivity index (χ0n) is 14.9. The van der Waals surface area contributed by atoms with Crippen LogP contribution in [-0.4, -0.2) is 57.2 Å². The monoisotopic (exact) mass is 387 g/mol. The van der Waals surface area contributed by atoms with Crippen LogP contribution in [0.1, 0.15) is 13.0 Å². The summed E-state index contributed by atoms with van der Waals surface area (Å²) < 4.78 is 11.5. The van der Waals surface area contributed by atoms with E-state index in [1.54, 1.807) is 13.0 Å². The number of carbonyl (C=O) groups excluding carboxylic acids is 1. The van der Waals surface area contributed by atoms with Gasteiger partial charge in [-0.2, -0.15) is 5.10 Å². The highest BCUT2D eigenvalue weighted by Gasteiger charge is 2.23. The molecule has 12 nitrogen and oxygen atoms in total. The zero-order chi connectivity index (χ0) is 19.7. The molecule has 1 fully saturated rings. The lowest BCUT2D eigenvalue weighted by atomic mass is 10.2. The molecule has 1 amide bonds. The summed E-state index contributed by atoms with van der Waals surface area (Å²) in [5, 5.41) is 25.3. The van der Waals surface area contributed by atoms with Gasteiger partial charge in [-0.1, -0.05) is 0 Å². The predicted octanol–water partition coefficient (Wildman–Crippen LogP) is 1.36. The van der Waals surface area contributed by atoms with E-state index in [0.29, 0.717) is 29.9 Å². The molecule has 0 radical (unpaired) electrons. The molecule has 1 aromatic carbocycles. The molecule has 146 valence electrons. The first-order valence-corrected chi connectivity index (χ1v) is 8.62. The summed E-state index contributed by atoms with van der Waals surface area (Å²) >= 11 is 0. The molecule has 12 heteroatoms. The van der Waals surface area contributed by atoms with Crippen molar-refractivity contribution < 1.29 is 19.1 Å². The van der Waals surface area contributed by atoms with Gasteiger partial charge in [-0.05, 0) is 29.4 Å². The molecule has 0 unspecified atom stereocenters. The Hall–Kier alpha value is -3.54. The van der Waals surface area contributed by atoms with Crippen molar-refractivity contribution in [2.24, 2.45) is 0 Å². The van der Waals surface area contributed by atoms with Crippen LogP contribution < -0.4 is 10.2 Å². The summed E-state index contributed by atoms with van der Waals surface area (Å²) in [6, 6.07) is 2.81. The lowest BCUT2D eigenvalue weighted by Crippen LogP contribution is -2.36. The van der Waals surface area contributed by atoms with Crippen LogP contribution in [0.3, 0.4) is 0 Å². The third kappa shape index (κ3) is 3.24. The fraction of sp³-hybridized carbons (Fsp3) is 0.375. The lowest BCUT2D eigenvalue weighted by molar-refractivity contribution is -0.385. The number of nitro groups is 1. The minimum atomic E-state index is -0.762. The molecular weight excluding hydrogens is 370 g/mol. The number of amides is 1. The number of carbonyl (C=O) groups is 1. The minimum Gasteiger partial charge on any atom is -0.378 e. The number of nitrogens with zero attached hydrogens (tertiary/aromatic N) is 6. The smallest absolute Gasteiger partial charge is 0.307 e. The van der Waals surface area contributed by atoms with E-state index < -0.39 is 16.9 Å². The molecular formula is C16H17N7O5. The number of benzene rings is 1. The molecule has 1 aliphatic heterocycles. The number of fused-ring (bicyclic) bond motifs is 1. The summed E-state index contributed by atoms with van der Waals surface area (Å²) in [5.74, 6) is -0.401. The highest BCUT2D eigenvalue weighted by Crippen LogP contribution is 2.31. The van der Waals surface area contributed by atoms with Crippen molar-refractivity contribution in [2.45, 2.75) is 13.0 Å².